The van der Waals surface area contributed by atoms with Gasteiger partial charge in [0, 0.05) is 0 Å². The van der Waals surface area contributed by atoms with Crippen molar-refractivity contribution < 1.29 is 4.79 Å². The minimum absolute atomic E-state index is 0.391. The molecule has 1 heteroatoms. The molecule has 13 heavy (non-hydrogen) atoms. The van der Waals surface area contributed by atoms with Crippen molar-refractivity contribution in [1.29, 1.82) is 0 Å². The lowest BCUT2D eigenvalue weighted by Crippen LogP contribution is -2.10. The first-order valence-corrected chi connectivity index (χ1v) is 4.97. The van der Waals surface area contributed by atoms with Gasteiger partial charge in [-0.2, -0.15) is 0 Å². The fourth-order valence-corrected chi connectivity index (χ4v) is 1.56. The van der Waals surface area contributed by atoms with Crippen molar-refractivity contribution >= 4 is 6.29 Å². The summed E-state index contributed by atoms with van der Waals surface area (Å²) in [5.74, 6) is 0.662. The highest BCUT2D eigenvalue weighted by atomic mass is 16.1. The van der Waals surface area contributed by atoms with Crippen LogP contribution in [0.3, 0.4) is 0 Å². The van der Waals surface area contributed by atoms with Gasteiger partial charge in [0.25, 0.3) is 0 Å². The SMILES string of the molecule is CC(C=O)=CCC(C)CC(C)(C)C. The number of rotatable bonds is 4. The monoisotopic (exact) mass is 182 g/mol. The zero-order chi connectivity index (χ0) is 10.5. The molecule has 0 N–H and O–H groups in total. The van der Waals surface area contributed by atoms with Crippen molar-refractivity contribution in [1.82, 2.24) is 0 Å². The molecule has 1 unspecified atom stereocenters. The molecular formula is C12H22O. The minimum Gasteiger partial charge on any atom is -0.298 e. The molecule has 0 aliphatic carbocycles. The third-order valence-electron chi connectivity index (χ3n) is 1.99. The summed E-state index contributed by atoms with van der Waals surface area (Å²) in [5.41, 5.74) is 1.24. The molecule has 0 radical (unpaired) electrons. The Bertz CT molecular complexity index is 184. The maximum atomic E-state index is 10.3. The van der Waals surface area contributed by atoms with Gasteiger partial charge in [0.15, 0.2) is 0 Å². The van der Waals surface area contributed by atoms with Crippen LogP contribution in [0.25, 0.3) is 0 Å². The Balaban J connectivity index is 3.89. The van der Waals surface area contributed by atoms with Crippen LogP contribution in [-0.2, 0) is 4.79 Å². The van der Waals surface area contributed by atoms with E-state index in [-0.39, 0.29) is 0 Å². The summed E-state index contributed by atoms with van der Waals surface area (Å²) >= 11 is 0. The van der Waals surface area contributed by atoms with E-state index < -0.39 is 0 Å². The Hall–Kier alpha value is -0.590. The van der Waals surface area contributed by atoms with Crippen LogP contribution < -0.4 is 0 Å². The van der Waals surface area contributed by atoms with Crippen LogP contribution in [0.2, 0.25) is 0 Å². The molecule has 0 aromatic rings. The highest BCUT2D eigenvalue weighted by Gasteiger charge is 2.14. The molecule has 0 aromatic heterocycles. The molecule has 1 atom stereocenters. The van der Waals surface area contributed by atoms with Gasteiger partial charge in [-0.25, -0.2) is 0 Å². The molecule has 0 aliphatic heterocycles. The average molecular weight is 182 g/mol. The Morgan fingerprint density at radius 3 is 2.31 bits per heavy atom. The van der Waals surface area contributed by atoms with E-state index in [9.17, 15) is 4.79 Å². The van der Waals surface area contributed by atoms with Gasteiger partial charge in [-0.1, -0.05) is 33.8 Å². The summed E-state index contributed by atoms with van der Waals surface area (Å²) in [6.07, 6.45) is 5.17. The second-order valence-corrected chi connectivity index (χ2v) is 5.17. The van der Waals surface area contributed by atoms with E-state index in [1.165, 1.54) is 6.42 Å². The van der Waals surface area contributed by atoms with Gasteiger partial charge in [0.05, 0.1) is 0 Å². The fourth-order valence-electron chi connectivity index (χ4n) is 1.56. The largest absolute Gasteiger partial charge is 0.298 e. The van der Waals surface area contributed by atoms with Crippen LogP contribution in [-0.4, -0.2) is 6.29 Å². The van der Waals surface area contributed by atoms with Crippen LogP contribution in [0.5, 0.6) is 0 Å². The van der Waals surface area contributed by atoms with Gasteiger partial charge in [0.1, 0.15) is 6.29 Å². The lowest BCUT2D eigenvalue weighted by Gasteiger charge is -2.22. The van der Waals surface area contributed by atoms with E-state index in [2.05, 4.69) is 27.7 Å². The maximum Gasteiger partial charge on any atom is 0.145 e. The number of hydrogen-bond acceptors (Lipinski definition) is 1. The molecule has 0 rings (SSSR count). The summed E-state index contributed by atoms with van der Waals surface area (Å²) in [4.78, 5) is 10.3. The Morgan fingerprint density at radius 2 is 1.92 bits per heavy atom. The number of aldehydes is 1. The summed E-state index contributed by atoms with van der Waals surface area (Å²) in [6.45, 7) is 10.8. The van der Waals surface area contributed by atoms with Crippen LogP contribution in [0, 0.1) is 11.3 Å². The molecule has 0 saturated carbocycles. The van der Waals surface area contributed by atoms with E-state index in [1.54, 1.807) is 0 Å². The molecule has 0 aliphatic rings. The van der Waals surface area contributed by atoms with Crippen molar-refractivity contribution in [3.05, 3.63) is 11.6 Å². The number of carbonyl (C=O) groups excluding carboxylic acids is 1. The van der Waals surface area contributed by atoms with Gasteiger partial charge in [-0.3, -0.25) is 4.79 Å². The Morgan fingerprint density at radius 1 is 1.38 bits per heavy atom. The van der Waals surface area contributed by atoms with Crippen LogP contribution in [0.15, 0.2) is 11.6 Å². The van der Waals surface area contributed by atoms with Gasteiger partial charge < -0.3 is 0 Å². The first kappa shape index (κ1) is 12.4. The van der Waals surface area contributed by atoms with Crippen molar-refractivity contribution in [2.75, 3.05) is 0 Å². The van der Waals surface area contributed by atoms with Gasteiger partial charge >= 0.3 is 0 Å². The summed E-state index contributed by atoms with van der Waals surface area (Å²) in [7, 11) is 0. The molecule has 0 fully saturated rings. The van der Waals surface area contributed by atoms with Crippen molar-refractivity contribution in [2.24, 2.45) is 11.3 Å². The third kappa shape index (κ3) is 7.76. The van der Waals surface area contributed by atoms with Crippen LogP contribution in [0.4, 0.5) is 0 Å². The van der Waals surface area contributed by atoms with Crippen molar-refractivity contribution in [3.63, 3.8) is 0 Å². The topological polar surface area (TPSA) is 17.1 Å². The number of carbonyl (C=O) groups is 1. The highest BCUT2D eigenvalue weighted by Crippen LogP contribution is 2.26. The minimum atomic E-state index is 0.391. The normalized spacial score (nSPS) is 15.6. The average Bonchev–Trinajstić information content (AvgIpc) is 1.97. The van der Waals surface area contributed by atoms with E-state index in [1.807, 2.05) is 13.0 Å². The summed E-state index contributed by atoms with van der Waals surface area (Å²) < 4.78 is 0. The van der Waals surface area contributed by atoms with E-state index in [4.69, 9.17) is 0 Å². The number of allylic oxidation sites excluding steroid dienone is 2. The van der Waals surface area contributed by atoms with Gasteiger partial charge in [-0.05, 0) is 36.7 Å². The zero-order valence-electron chi connectivity index (χ0n) is 9.55. The van der Waals surface area contributed by atoms with Crippen LogP contribution >= 0.6 is 0 Å². The molecule has 0 saturated heterocycles. The van der Waals surface area contributed by atoms with Crippen molar-refractivity contribution in [3.8, 4) is 0 Å². The highest BCUT2D eigenvalue weighted by molar-refractivity contribution is 5.71. The predicted molar refractivity (Wildman–Crippen MR) is 57.7 cm³/mol. The Kier molecular flexibility index (Phi) is 4.97. The molecular weight excluding hydrogens is 160 g/mol. The fraction of sp³-hybridized carbons (Fsp3) is 0.750. The molecule has 76 valence electrons. The molecule has 1 nitrogen and oxygen atoms in total. The van der Waals surface area contributed by atoms with Gasteiger partial charge in [0.2, 0.25) is 0 Å². The summed E-state index contributed by atoms with van der Waals surface area (Å²) in [6, 6.07) is 0. The maximum absolute atomic E-state index is 10.3. The first-order valence-electron chi connectivity index (χ1n) is 4.97. The second-order valence-electron chi connectivity index (χ2n) is 5.17. The lowest BCUT2D eigenvalue weighted by atomic mass is 9.84. The quantitative estimate of drug-likeness (QED) is 0.479. The first-order chi connectivity index (χ1) is 5.85. The third-order valence-corrected chi connectivity index (χ3v) is 1.99. The molecule has 0 heterocycles. The molecule has 0 bridgehead atoms. The molecule has 0 spiro atoms. The van der Waals surface area contributed by atoms with Gasteiger partial charge in [-0.15, -0.1) is 0 Å². The van der Waals surface area contributed by atoms with Crippen LogP contribution in [0.1, 0.15) is 47.5 Å². The Labute approximate surface area is 82.2 Å². The second kappa shape index (κ2) is 5.21. The van der Waals surface area contributed by atoms with E-state index in [0.717, 1.165) is 18.3 Å². The van der Waals surface area contributed by atoms with Crippen molar-refractivity contribution in [2.45, 2.75) is 47.5 Å². The standard InChI is InChI=1S/C12H22O/c1-10(8-12(3,4)5)6-7-11(2)9-13/h7,9-10H,6,8H2,1-5H3. The molecule has 0 aromatic carbocycles. The smallest absolute Gasteiger partial charge is 0.145 e. The lowest BCUT2D eigenvalue weighted by molar-refractivity contribution is -0.104. The van der Waals surface area contributed by atoms with E-state index in [0.29, 0.717) is 11.3 Å². The zero-order valence-corrected chi connectivity index (χ0v) is 9.55. The van der Waals surface area contributed by atoms with E-state index >= 15 is 0 Å². The predicted octanol–water partition coefficient (Wildman–Crippen LogP) is 3.59. The molecule has 0 amide bonds. The number of hydrogen-bond donors (Lipinski definition) is 0. The summed E-state index contributed by atoms with van der Waals surface area (Å²) in [5, 5.41) is 0.